The van der Waals surface area contributed by atoms with Crippen LogP contribution in [0.2, 0.25) is 5.02 Å². The van der Waals surface area contributed by atoms with Crippen LogP contribution < -0.4 is 5.63 Å². The van der Waals surface area contributed by atoms with Crippen LogP contribution in [0.3, 0.4) is 0 Å². The Labute approximate surface area is 88.5 Å². The molecular formula is C9H4ClN3O2. The second-order valence-electron chi connectivity index (χ2n) is 2.78. The number of hydrogen-bond donors (Lipinski definition) is 0. The van der Waals surface area contributed by atoms with E-state index in [0.717, 1.165) is 6.07 Å². The van der Waals surface area contributed by atoms with E-state index in [1.165, 1.54) is 0 Å². The first-order valence-electron chi connectivity index (χ1n) is 3.99. The topological polar surface area (TPSA) is 79.0 Å². The highest BCUT2D eigenvalue weighted by atomic mass is 35.5. The summed E-state index contributed by atoms with van der Waals surface area (Å²) in [6.07, 6.45) is 0. The van der Waals surface area contributed by atoms with Crippen LogP contribution in [0, 0.1) is 0 Å². The van der Waals surface area contributed by atoms with Crippen molar-refractivity contribution in [3.8, 4) is 0 Å². The minimum absolute atomic E-state index is 0.214. The van der Waals surface area contributed by atoms with Crippen molar-refractivity contribution in [3.63, 3.8) is 0 Å². The van der Waals surface area contributed by atoms with Gasteiger partial charge in [0.25, 0.3) is 0 Å². The van der Waals surface area contributed by atoms with Gasteiger partial charge in [0, 0.05) is 21.4 Å². The molecule has 0 bridgehead atoms. The van der Waals surface area contributed by atoms with E-state index in [4.69, 9.17) is 21.5 Å². The lowest BCUT2D eigenvalue weighted by Crippen LogP contribution is -1.94. The normalized spacial score (nSPS) is 9.93. The third-order valence-electron chi connectivity index (χ3n) is 1.84. The minimum atomic E-state index is -0.563. The predicted molar refractivity (Wildman–Crippen MR) is 56.3 cm³/mol. The largest absolute Gasteiger partial charge is 0.423 e. The van der Waals surface area contributed by atoms with Gasteiger partial charge in [-0.3, -0.25) is 0 Å². The molecule has 2 rings (SSSR count). The summed E-state index contributed by atoms with van der Waals surface area (Å²) >= 11 is 5.78. The Balaban J connectivity index is 2.93. The molecule has 2 aromatic rings. The first-order chi connectivity index (χ1) is 7.20. The van der Waals surface area contributed by atoms with Gasteiger partial charge in [-0.05, 0) is 23.7 Å². The van der Waals surface area contributed by atoms with Crippen molar-refractivity contribution in [2.45, 2.75) is 0 Å². The Hall–Kier alpha value is -1.97. The maximum Gasteiger partial charge on any atom is 0.336 e. The smallest absolute Gasteiger partial charge is 0.336 e. The zero-order chi connectivity index (χ0) is 10.8. The molecule has 0 unspecified atom stereocenters. The zero-order valence-corrected chi connectivity index (χ0v) is 8.10. The Bertz CT molecular complexity index is 629. The summed E-state index contributed by atoms with van der Waals surface area (Å²) in [5.74, 6) is 0. The molecule has 0 saturated heterocycles. The SMILES string of the molecule is [N-]=[N+]=Nc1cc(=O)oc2ccc(Cl)cc12. The van der Waals surface area contributed by atoms with Gasteiger partial charge in [0.05, 0.1) is 5.69 Å². The van der Waals surface area contributed by atoms with E-state index < -0.39 is 5.63 Å². The van der Waals surface area contributed by atoms with Crippen LogP contribution in [0.5, 0.6) is 0 Å². The summed E-state index contributed by atoms with van der Waals surface area (Å²) in [6.45, 7) is 0. The van der Waals surface area contributed by atoms with Crippen molar-refractivity contribution >= 4 is 28.3 Å². The molecule has 0 spiro atoms. The van der Waals surface area contributed by atoms with Gasteiger partial charge in [-0.1, -0.05) is 16.7 Å². The summed E-state index contributed by atoms with van der Waals surface area (Å²) in [4.78, 5) is 13.7. The summed E-state index contributed by atoms with van der Waals surface area (Å²) in [5, 5.41) is 4.39. The van der Waals surface area contributed by atoms with Crippen molar-refractivity contribution in [2.24, 2.45) is 5.11 Å². The van der Waals surface area contributed by atoms with Crippen molar-refractivity contribution in [1.29, 1.82) is 0 Å². The Morgan fingerprint density at radius 3 is 2.93 bits per heavy atom. The molecule has 0 aliphatic carbocycles. The van der Waals surface area contributed by atoms with Crippen molar-refractivity contribution in [1.82, 2.24) is 0 Å². The molecule has 6 heteroatoms. The molecule has 0 atom stereocenters. The van der Waals surface area contributed by atoms with Crippen LogP contribution in [0.4, 0.5) is 5.69 Å². The summed E-state index contributed by atoms with van der Waals surface area (Å²) < 4.78 is 4.91. The second kappa shape index (κ2) is 3.65. The van der Waals surface area contributed by atoms with E-state index in [1.54, 1.807) is 18.2 Å². The molecule has 0 aliphatic heterocycles. The second-order valence-corrected chi connectivity index (χ2v) is 3.22. The lowest BCUT2D eigenvalue weighted by atomic mass is 10.2. The average Bonchev–Trinajstić information content (AvgIpc) is 2.19. The average molecular weight is 222 g/mol. The van der Waals surface area contributed by atoms with Crippen LogP contribution in [-0.2, 0) is 0 Å². The third-order valence-corrected chi connectivity index (χ3v) is 2.07. The van der Waals surface area contributed by atoms with Crippen LogP contribution in [-0.4, -0.2) is 0 Å². The maximum atomic E-state index is 11.1. The molecule has 1 heterocycles. The quantitative estimate of drug-likeness (QED) is 0.320. The first kappa shape index (κ1) is 9.58. The Morgan fingerprint density at radius 1 is 1.40 bits per heavy atom. The summed E-state index contributed by atoms with van der Waals surface area (Å²) in [6, 6.07) is 5.84. The predicted octanol–water partition coefficient (Wildman–Crippen LogP) is 3.39. The molecule has 74 valence electrons. The fraction of sp³-hybridized carbons (Fsp3) is 0. The van der Waals surface area contributed by atoms with Gasteiger partial charge >= 0.3 is 5.63 Å². The number of azide groups is 1. The number of rotatable bonds is 1. The van der Waals surface area contributed by atoms with E-state index in [-0.39, 0.29) is 5.69 Å². The maximum absolute atomic E-state index is 11.1. The molecule has 0 saturated carbocycles. The van der Waals surface area contributed by atoms with E-state index in [0.29, 0.717) is 16.0 Å². The van der Waals surface area contributed by atoms with Gasteiger partial charge in [-0.15, -0.1) is 0 Å². The number of halogens is 1. The minimum Gasteiger partial charge on any atom is -0.423 e. The Morgan fingerprint density at radius 2 is 2.20 bits per heavy atom. The molecule has 1 aromatic heterocycles. The lowest BCUT2D eigenvalue weighted by Gasteiger charge is -1.99. The van der Waals surface area contributed by atoms with Crippen LogP contribution >= 0.6 is 11.6 Å². The molecule has 5 nitrogen and oxygen atoms in total. The van der Waals surface area contributed by atoms with Crippen LogP contribution in [0.25, 0.3) is 21.4 Å². The number of benzene rings is 1. The molecule has 15 heavy (non-hydrogen) atoms. The van der Waals surface area contributed by atoms with Gasteiger partial charge in [0.15, 0.2) is 0 Å². The molecule has 0 radical (unpaired) electrons. The van der Waals surface area contributed by atoms with Gasteiger partial charge in [-0.2, -0.15) is 0 Å². The van der Waals surface area contributed by atoms with Gasteiger partial charge in [0.2, 0.25) is 0 Å². The van der Waals surface area contributed by atoms with Gasteiger partial charge in [0.1, 0.15) is 5.58 Å². The summed E-state index contributed by atoms with van der Waals surface area (Å²) in [7, 11) is 0. The summed E-state index contributed by atoms with van der Waals surface area (Å²) in [5.41, 5.74) is 8.33. The molecule has 0 aliphatic rings. The fourth-order valence-corrected chi connectivity index (χ4v) is 1.42. The molecule has 0 N–H and O–H groups in total. The van der Waals surface area contributed by atoms with E-state index in [1.807, 2.05) is 0 Å². The molecule has 1 aromatic carbocycles. The monoisotopic (exact) mass is 221 g/mol. The van der Waals surface area contributed by atoms with Crippen molar-refractivity contribution < 1.29 is 4.42 Å². The first-order valence-corrected chi connectivity index (χ1v) is 4.37. The van der Waals surface area contributed by atoms with Crippen molar-refractivity contribution in [3.05, 3.63) is 50.2 Å². The van der Waals surface area contributed by atoms with Crippen LogP contribution in [0.1, 0.15) is 0 Å². The molecule has 0 fully saturated rings. The standard InChI is InChI=1S/C9H4ClN3O2/c10-5-1-2-8-6(3-5)7(12-13-11)4-9(14)15-8/h1-4H. The van der Waals surface area contributed by atoms with E-state index in [9.17, 15) is 4.79 Å². The third kappa shape index (κ3) is 1.79. The highest BCUT2D eigenvalue weighted by molar-refractivity contribution is 6.31. The highest BCUT2D eigenvalue weighted by Gasteiger charge is 2.04. The molecule has 0 amide bonds. The Kier molecular flexibility index (Phi) is 2.33. The lowest BCUT2D eigenvalue weighted by molar-refractivity contribution is 0.561. The zero-order valence-electron chi connectivity index (χ0n) is 7.35. The number of hydrogen-bond acceptors (Lipinski definition) is 3. The van der Waals surface area contributed by atoms with E-state index in [2.05, 4.69) is 10.0 Å². The van der Waals surface area contributed by atoms with Gasteiger partial charge in [-0.25, -0.2) is 4.79 Å². The van der Waals surface area contributed by atoms with Crippen LogP contribution in [0.15, 0.2) is 38.6 Å². The van der Waals surface area contributed by atoms with E-state index >= 15 is 0 Å². The molecular weight excluding hydrogens is 218 g/mol. The number of nitrogens with zero attached hydrogens (tertiary/aromatic N) is 3. The van der Waals surface area contributed by atoms with Crippen molar-refractivity contribution in [2.75, 3.05) is 0 Å². The highest BCUT2D eigenvalue weighted by Crippen LogP contribution is 2.26. The number of fused-ring (bicyclic) bond motifs is 1. The van der Waals surface area contributed by atoms with Gasteiger partial charge < -0.3 is 4.42 Å². The fourth-order valence-electron chi connectivity index (χ4n) is 1.25.